The Labute approximate surface area is 537 Å². The van der Waals surface area contributed by atoms with Crippen LogP contribution in [0.2, 0.25) is 0 Å². The molecule has 0 aromatic rings. The first kappa shape index (κ1) is 81.3. The second kappa shape index (κ2) is 37.6. The Morgan fingerprint density at radius 3 is 1.44 bits per heavy atom. The van der Waals surface area contributed by atoms with Gasteiger partial charge in [0.1, 0.15) is 66.5 Å². The molecule has 0 unspecified atom stereocenters. The van der Waals surface area contributed by atoms with Crippen LogP contribution in [0.25, 0.3) is 0 Å². The van der Waals surface area contributed by atoms with Crippen LogP contribution in [0.3, 0.4) is 0 Å². The van der Waals surface area contributed by atoms with Crippen LogP contribution in [0.4, 0.5) is 0 Å². The quantitative estimate of drug-likeness (QED) is 0.0972. The van der Waals surface area contributed by atoms with Crippen molar-refractivity contribution in [2.75, 3.05) is 55.9 Å². The highest BCUT2D eigenvalue weighted by Gasteiger charge is 2.46. The molecule has 25 nitrogen and oxygen atoms in total. The van der Waals surface area contributed by atoms with Gasteiger partial charge >= 0.3 is 0 Å². The molecule has 14 atom stereocenters. The smallest absolute Gasteiger partial charge is 0.246 e. The van der Waals surface area contributed by atoms with Gasteiger partial charge in [-0.05, 0) is 109 Å². The van der Waals surface area contributed by atoms with Crippen LogP contribution < -0.4 is 21.3 Å². The third kappa shape index (κ3) is 22.3. The Balaban J connectivity index is 4.44. The van der Waals surface area contributed by atoms with E-state index in [0.29, 0.717) is 6.42 Å². The number of aliphatic hydroxyl groups excluding tert-OH is 1. The molecule has 5 N–H and O–H groups in total. The summed E-state index contributed by atoms with van der Waals surface area (Å²) in [5, 5.41) is 32.3. The largest absolute Gasteiger partial charge is 0.390 e. The predicted molar refractivity (Wildman–Crippen MR) is 344 cm³/mol. The lowest BCUT2D eigenvalue weighted by molar-refractivity contribution is -0.157. The summed E-state index contributed by atoms with van der Waals surface area (Å²) in [5.74, 6) is -10.4. The van der Waals surface area contributed by atoms with Crippen molar-refractivity contribution in [3.8, 4) is 6.07 Å². The number of carbonyl (C=O) groups excluding carboxylic acids is 11. The number of unbranched alkanes of at least 4 members (excludes halogenated alkanes) is 1. The molecule has 1 rings (SSSR count). The zero-order valence-corrected chi connectivity index (χ0v) is 58.7. The number of carbonyl (C=O) groups is 11. The van der Waals surface area contributed by atoms with Crippen LogP contribution in [0.5, 0.6) is 0 Å². The van der Waals surface area contributed by atoms with Gasteiger partial charge in [0.2, 0.25) is 65.0 Å². The van der Waals surface area contributed by atoms with Crippen molar-refractivity contribution in [3.63, 3.8) is 0 Å². The number of aliphatic hydroxyl groups is 1. The Hall–Kier alpha value is -6.68. The molecule has 0 aliphatic carbocycles. The van der Waals surface area contributed by atoms with Crippen LogP contribution in [0.1, 0.15) is 163 Å². The summed E-state index contributed by atoms with van der Waals surface area (Å²) in [6, 6.07) is -12.3. The van der Waals surface area contributed by atoms with E-state index < -0.39 is 161 Å². The zero-order valence-electron chi connectivity index (χ0n) is 58.7. The fourth-order valence-electron chi connectivity index (χ4n) is 11.2. The van der Waals surface area contributed by atoms with Gasteiger partial charge in [-0.25, -0.2) is 0 Å². The van der Waals surface area contributed by atoms with E-state index in [9.17, 15) is 53.5 Å². The van der Waals surface area contributed by atoms with Crippen LogP contribution in [0.15, 0.2) is 12.2 Å². The lowest BCUT2D eigenvalue weighted by atomic mass is 9.91. The Kier molecular flexibility index (Phi) is 34.0. The number of hydrogen-bond donors (Lipinski definition) is 5. The molecule has 0 spiro atoms. The second-order valence-corrected chi connectivity index (χ2v) is 26.6. The van der Waals surface area contributed by atoms with E-state index in [1.54, 1.807) is 67.5 Å². The number of likely N-dealkylation sites (N-methyl/N-ethyl adjacent to an activating group) is 7. The Morgan fingerprint density at radius 2 is 0.967 bits per heavy atom. The third-order valence-corrected chi connectivity index (χ3v) is 17.0. The lowest BCUT2D eigenvalue weighted by Crippen LogP contribution is -2.64. The molecule has 1 fully saturated rings. The van der Waals surface area contributed by atoms with Crippen molar-refractivity contribution in [2.45, 2.75) is 241 Å². The molecular weight excluding hydrogens is 1160 g/mol. The summed E-state index contributed by atoms with van der Waals surface area (Å²) in [6.45, 7) is 28.9. The van der Waals surface area contributed by atoms with Crippen molar-refractivity contribution in [3.05, 3.63) is 12.2 Å². The van der Waals surface area contributed by atoms with E-state index in [-0.39, 0.29) is 62.9 Å². The van der Waals surface area contributed by atoms with Gasteiger partial charge < -0.3 is 65.4 Å². The van der Waals surface area contributed by atoms with Crippen LogP contribution in [-0.2, 0) is 57.5 Å². The molecule has 1 saturated heterocycles. The van der Waals surface area contributed by atoms with E-state index in [2.05, 4.69) is 21.3 Å². The van der Waals surface area contributed by atoms with Gasteiger partial charge in [-0.3, -0.25) is 52.7 Å². The summed E-state index contributed by atoms with van der Waals surface area (Å²) >= 11 is 0. The molecule has 1 aliphatic heterocycles. The number of nitrogens with zero attached hydrogens (tertiary/aromatic N) is 8. The number of nitrogens with one attached hydrogen (secondary N) is 4. The standard InChI is InChI=1S/C65H114N12O13/c1-25-27-30-41(13)54(78)53-58(82)69-46(26-2)61(85)71(18)44(16)60(84)76(23)52(45(17)90-32-29-28-31-66)57(81)70-50(39(9)10)64(88)72(19)47(33-36(3)4)56(80)67-42(14)55(79)68-43(15)59(83)73(20)48(34-37(5)6)62(86)74(21)49(35-38(7)8)63(87)75(22)51(40(11)12)65(89)77(53)24/h25,27,36-54,78H,26,28-30,32-35H2,1-24H3,(H,67,80)(H,68,79)(H,69,82)(H,70,81)/b27-25+/t41-,42+,43+,44-,45-,46+,47-,48+,49-,50+,51+,52+,53+,54-/m1/s1. The summed E-state index contributed by atoms with van der Waals surface area (Å²) in [5.41, 5.74) is 0. The molecule has 1 heterocycles. The summed E-state index contributed by atoms with van der Waals surface area (Å²) in [4.78, 5) is 170. The minimum atomic E-state index is -1.65. The van der Waals surface area contributed by atoms with E-state index >= 15 is 9.59 Å². The fraction of sp³-hybridized carbons (Fsp3) is 0.785. The minimum absolute atomic E-state index is 0.0178. The Morgan fingerprint density at radius 1 is 0.511 bits per heavy atom. The van der Waals surface area contributed by atoms with E-state index in [0.717, 1.165) is 14.7 Å². The zero-order chi connectivity index (χ0) is 69.7. The maximum absolute atomic E-state index is 15.2. The maximum atomic E-state index is 15.2. The van der Waals surface area contributed by atoms with Gasteiger partial charge in [0.15, 0.2) is 0 Å². The highest BCUT2D eigenvalue weighted by atomic mass is 16.5. The monoisotopic (exact) mass is 1270 g/mol. The molecule has 0 aromatic heterocycles. The van der Waals surface area contributed by atoms with Crippen LogP contribution in [-0.4, -0.2) is 239 Å². The molecule has 11 amide bonds. The average Bonchev–Trinajstić information content (AvgIpc) is 1.38. The number of ether oxygens (including phenoxy) is 1. The molecule has 0 bridgehead atoms. The molecule has 512 valence electrons. The molecular formula is C65H114N12O13. The van der Waals surface area contributed by atoms with Crippen LogP contribution >= 0.6 is 0 Å². The summed E-state index contributed by atoms with van der Waals surface area (Å²) < 4.78 is 6.06. The molecule has 1 aliphatic rings. The van der Waals surface area contributed by atoms with E-state index in [1.807, 2.05) is 47.6 Å². The maximum Gasteiger partial charge on any atom is 0.246 e. The number of amides is 11. The first-order chi connectivity index (χ1) is 41.7. The highest BCUT2D eigenvalue weighted by Crippen LogP contribution is 2.26. The van der Waals surface area contributed by atoms with E-state index in [1.165, 1.54) is 89.7 Å². The van der Waals surface area contributed by atoms with Gasteiger partial charge in [0.25, 0.3) is 0 Å². The van der Waals surface area contributed by atoms with Gasteiger partial charge in [-0.1, -0.05) is 95.2 Å². The second-order valence-electron chi connectivity index (χ2n) is 26.6. The molecule has 25 heteroatoms. The molecule has 0 saturated carbocycles. The first-order valence-electron chi connectivity index (χ1n) is 32.1. The third-order valence-electron chi connectivity index (χ3n) is 17.0. The van der Waals surface area contributed by atoms with Gasteiger partial charge in [-0.15, -0.1) is 0 Å². The van der Waals surface area contributed by atoms with Crippen molar-refractivity contribution in [2.24, 2.45) is 35.5 Å². The van der Waals surface area contributed by atoms with Crippen molar-refractivity contribution in [1.29, 1.82) is 5.26 Å². The van der Waals surface area contributed by atoms with Crippen molar-refractivity contribution in [1.82, 2.24) is 55.6 Å². The van der Waals surface area contributed by atoms with Gasteiger partial charge in [0.05, 0.1) is 18.3 Å². The number of hydrogen-bond acceptors (Lipinski definition) is 14. The minimum Gasteiger partial charge on any atom is -0.390 e. The topological polar surface area (TPSA) is 312 Å². The lowest BCUT2D eigenvalue weighted by Gasteiger charge is -2.41. The Bertz CT molecular complexity index is 2520. The number of nitriles is 1. The van der Waals surface area contributed by atoms with E-state index in [4.69, 9.17) is 4.74 Å². The number of allylic oxidation sites excluding steroid dienone is 2. The molecule has 0 aromatic carbocycles. The first-order valence-corrected chi connectivity index (χ1v) is 32.1. The summed E-state index contributed by atoms with van der Waals surface area (Å²) in [7, 11) is 9.73. The molecule has 90 heavy (non-hydrogen) atoms. The van der Waals surface area contributed by atoms with Gasteiger partial charge in [-0.2, -0.15) is 5.26 Å². The van der Waals surface area contributed by atoms with Gasteiger partial charge in [0, 0.05) is 62.4 Å². The van der Waals surface area contributed by atoms with Crippen molar-refractivity contribution >= 4 is 65.0 Å². The SMILES string of the molecule is C/C=C/C[C@@H](C)[C@@H](O)[C@H]1C(=O)N[C@@H](CC)C(=O)N(C)[C@H](C)C(=O)N(C)[C@@H]([C@@H](C)OCCCC#N)C(=O)N[C@@H](C(C)C)C(=O)N(C)[C@H](CC(C)C)C(=O)N[C@@H](C)C(=O)N[C@@H](C)C(=O)N(C)[C@@H](CC(C)C)C(=O)N(C)[C@H](CC(C)C)C(=O)N(C)[C@@H](C(C)C)C(=O)N1C. The van der Waals surface area contributed by atoms with Crippen LogP contribution in [0, 0.1) is 46.8 Å². The number of rotatable bonds is 18. The average molecular weight is 1270 g/mol. The van der Waals surface area contributed by atoms with Crippen molar-refractivity contribution < 1.29 is 62.6 Å². The summed E-state index contributed by atoms with van der Waals surface area (Å²) in [6.07, 6.45) is 2.04. The molecule has 0 radical (unpaired) electrons. The predicted octanol–water partition coefficient (Wildman–Crippen LogP) is 3.32. The fourth-order valence-corrected chi connectivity index (χ4v) is 11.2. The highest BCUT2D eigenvalue weighted by molar-refractivity contribution is 6.00. The normalized spacial score (nSPS) is 27.1.